The third kappa shape index (κ3) is 67.0. The largest absolute Gasteiger partial charge is 0.462 e. The van der Waals surface area contributed by atoms with E-state index in [-0.39, 0.29) is 31.1 Å². The first-order chi connectivity index (χ1) is 40.0. The summed E-state index contributed by atoms with van der Waals surface area (Å²) in [6.07, 6.45) is 92.8. The molecule has 81 heavy (non-hydrogen) atoms. The highest BCUT2D eigenvalue weighted by molar-refractivity contribution is 5.71. The van der Waals surface area contributed by atoms with Gasteiger partial charge in [0.2, 0.25) is 0 Å². The van der Waals surface area contributed by atoms with Gasteiger partial charge in [0.1, 0.15) is 13.2 Å². The van der Waals surface area contributed by atoms with Gasteiger partial charge in [0, 0.05) is 19.3 Å². The quantitative estimate of drug-likeness (QED) is 0.0261. The Bertz CT molecular complexity index is 1580. The van der Waals surface area contributed by atoms with Crippen LogP contribution < -0.4 is 0 Å². The Morgan fingerprint density at radius 1 is 0.259 bits per heavy atom. The fourth-order valence-corrected chi connectivity index (χ4v) is 9.93. The lowest BCUT2D eigenvalue weighted by molar-refractivity contribution is -0.167. The zero-order chi connectivity index (χ0) is 58.5. The van der Waals surface area contributed by atoms with Crippen molar-refractivity contribution in [2.45, 2.75) is 348 Å². The second kappa shape index (κ2) is 68.8. The Hall–Kier alpha value is -3.67. The molecule has 0 spiro atoms. The predicted molar refractivity (Wildman–Crippen MR) is 353 cm³/mol. The summed E-state index contributed by atoms with van der Waals surface area (Å²) >= 11 is 0. The van der Waals surface area contributed by atoms with E-state index >= 15 is 0 Å². The minimum absolute atomic E-state index is 0.0808. The van der Waals surface area contributed by atoms with Crippen LogP contribution in [-0.4, -0.2) is 37.2 Å². The molecule has 0 heterocycles. The lowest BCUT2D eigenvalue weighted by Gasteiger charge is -2.18. The van der Waals surface area contributed by atoms with E-state index < -0.39 is 6.10 Å². The number of ether oxygens (including phenoxy) is 3. The molecule has 0 rings (SSSR count). The number of unbranched alkanes of at least 4 members (excludes halogenated alkanes) is 36. The molecule has 0 amide bonds. The molecule has 0 aromatic heterocycles. The van der Waals surface area contributed by atoms with Gasteiger partial charge < -0.3 is 14.2 Å². The number of rotatable bonds is 63. The lowest BCUT2D eigenvalue weighted by atomic mass is 10.0. The van der Waals surface area contributed by atoms with Gasteiger partial charge in [0.15, 0.2) is 6.10 Å². The Labute approximate surface area is 502 Å². The predicted octanol–water partition coefficient (Wildman–Crippen LogP) is 24.0. The zero-order valence-electron chi connectivity index (χ0n) is 53.5. The topological polar surface area (TPSA) is 78.9 Å². The number of hydrogen-bond acceptors (Lipinski definition) is 6. The van der Waals surface area contributed by atoms with Crippen molar-refractivity contribution in [3.8, 4) is 0 Å². The third-order valence-corrected chi connectivity index (χ3v) is 15.1. The number of carbonyl (C=O) groups excluding carboxylic acids is 3. The molecule has 0 fully saturated rings. The third-order valence-electron chi connectivity index (χ3n) is 15.1. The number of carbonyl (C=O) groups is 3. The van der Waals surface area contributed by atoms with E-state index in [1.165, 1.54) is 180 Å². The lowest BCUT2D eigenvalue weighted by Crippen LogP contribution is -2.30. The van der Waals surface area contributed by atoms with Crippen LogP contribution in [0.4, 0.5) is 0 Å². The van der Waals surface area contributed by atoms with Gasteiger partial charge in [0.05, 0.1) is 0 Å². The van der Waals surface area contributed by atoms with E-state index in [4.69, 9.17) is 14.2 Å². The van der Waals surface area contributed by atoms with E-state index in [0.29, 0.717) is 19.3 Å². The molecule has 0 aliphatic heterocycles. The van der Waals surface area contributed by atoms with Gasteiger partial charge in [-0.25, -0.2) is 0 Å². The van der Waals surface area contributed by atoms with Gasteiger partial charge >= 0.3 is 17.9 Å². The summed E-state index contributed by atoms with van der Waals surface area (Å²) < 4.78 is 17.0. The van der Waals surface area contributed by atoms with Crippen LogP contribution in [0.1, 0.15) is 342 Å². The second-order valence-corrected chi connectivity index (χ2v) is 23.1. The maximum absolute atomic E-state index is 12.9. The Morgan fingerprint density at radius 2 is 0.481 bits per heavy atom. The molecule has 0 aliphatic carbocycles. The smallest absolute Gasteiger partial charge is 0.306 e. The highest BCUT2D eigenvalue weighted by Crippen LogP contribution is 2.17. The summed E-state index contributed by atoms with van der Waals surface area (Å²) in [5, 5.41) is 0. The van der Waals surface area contributed by atoms with Gasteiger partial charge in [-0.1, -0.05) is 336 Å². The molecule has 0 aromatic carbocycles. The normalized spacial score (nSPS) is 12.7. The summed E-state index contributed by atoms with van der Waals surface area (Å²) in [5.74, 6) is -0.888. The number of hydrogen-bond donors (Lipinski definition) is 0. The minimum atomic E-state index is -0.787. The second-order valence-electron chi connectivity index (χ2n) is 23.1. The van der Waals surface area contributed by atoms with E-state index in [1.54, 1.807) is 0 Å². The van der Waals surface area contributed by atoms with Crippen molar-refractivity contribution in [3.63, 3.8) is 0 Å². The van der Waals surface area contributed by atoms with Gasteiger partial charge in [-0.3, -0.25) is 14.4 Å². The van der Waals surface area contributed by atoms with Crippen molar-refractivity contribution in [2.24, 2.45) is 0 Å². The standard InChI is InChI=1S/C75H130O6/c1-4-7-10-13-16-19-22-25-28-30-32-33-34-35-36-37-38-39-40-41-43-44-47-50-53-56-59-62-65-68-74(77)80-71-72(70-79-73(76)67-64-61-58-55-52-49-46-27-24-21-18-15-12-9-6-3)81-75(78)69-66-63-60-57-54-51-48-45-42-31-29-26-23-20-17-14-11-8-5-2/h7,10,16,19,25,28,32-33,35-36,38-39,41,43,47,50,72H,4-6,8-9,11-15,17-18,20-24,26-27,29-31,34,37,40,42,44-46,48-49,51-71H2,1-3H3/b10-7-,19-16-,28-25-,33-32-,36-35-,39-38-,43-41-,50-47-. The monoisotopic (exact) mass is 1130 g/mol. The highest BCUT2D eigenvalue weighted by atomic mass is 16.6. The highest BCUT2D eigenvalue weighted by Gasteiger charge is 2.19. The van der Waals surface area contributed by atoms with Crippen molar-refractivity contribution in [2.75, 3.05) is 13.2 Å². The number of esters is 3. The van der Waals surface area contributed by atoms with E-state index in [1.807, 2.05) is 0 Å². The van der Waals surface area contributed by atoms with Crippen molar-refractivity contribution in [1.29, 1.82) is 0 Å². The molecule has 6 nitrogen and oxygen atoms in total. The molecule has 0 aromatic rings. The van der Waals surface area contributed by atoms with Crippen molar-refractivity contribution >= 4 is 17.9 Å². The average molecular weight is 1130 g/mol. The molecule has 0 N–H and O–H groups in total. The van der Waals surface area contributed by atoms with Crippen LogP contribution in [0.5, 0.6) is 0 Å². The van der Waals surface area contributed by atoms with Crippen LogP contribution >= 0.6 is 0 Å². The zero-order valence-corrected chi connectivity index (χ0v) is 53.5. The molecular formula is C75H130O6. The summed E-state index contributed by atoms with van der Waals surface area (Å²) in [7, 11) is 0. The first-order valence-electron chi connectivity index (χ1n) is 34.7. The molecule has 0 bridgehead atoms. The fraction of sp³-hybridized carbons (Fsp3) is 0.747. The van der Waals surface area contributed by atoms with Gasteiger partial charge in [0.25, 0.3) is 0 Å². The van der Waals surface area contributed by atoms with Crippen LogP contribution in [0.25, 0.3) is 0 Å². The maximum atomic E-state index is 12.9. The van der Waals surface area contributed by atoms with Crippen molar-refractivity contribution in [1.82, 2.24) is 0 Å². The van der Waals surface area contributed by atoms with Gasteiger partial charge in [-0.15, -0.1) is 0 Å². The summed E-state index contributed by atoms with van der Waals surface area (Å²) in [4.78, 5) is 38.4. The van der Waals surface area contributed by atoms with E-state index in [9.17, 15) is 14.4 Å². The van der Waals surface area contributed by atoms with Crippen molar-refractivity contribution < 1.29 is 28.6 Å². The van der Waals surface area contributed by atoms with Gasteiger partial charge in [-0.05, 0) is 83.5 Å². The molecule has 466 valence electrons. The molecular weight excluding hydrogens is 997 g/mol. The summed E-state index contributed by atoms with van der Waals surface area (Å²) in [5.41, 5.74) is 0. The van der Waals surface area contributed by atoms with Crippen LogP contribution in [0.3, 0.4) is 0 Å². The fourth-order valence-electron chi connectivity index (χ4n) is 9.93. The van der Waals surface area contributed by atoms with Crippen LogP contribution in [-0.2, 0) is 28.6 Å². The summed E-state index contributed by atoms with van der Waals surface area (Å²) in [6, 6.07) is 0. The maximum Gasteiger partial charge on any atom is 0.306 e. The molecule has 1 unspecified atom stereocenters. The average Bonchev–Trinajstić information content (AvgIpc) is 3.47. The number of allylic oxidation sites excluding steroid dienone is 16. The molecule has 1 atom stereocenters. The first-order valence-corrected chi connectivity index (χ1v) is 34.7. The Morgan fingerprint density at radius 3 is 0.753 bits per heavy atom. The van der Waals surface area contributed by atoms with Crippen molar-refractivity contribution in [3.05, 3.63) is 97.2 Å². The Balaban J connectivity index is 4.37. The minimum Gasteiger partial charge on any atom is -0.462 e. The van der Waals surface area contributed by atoms with E-state index in [0.717, 1.165) is 122 Å². The molecule has 0 saturated heterocycles. The Kier molecular flexibility index (Phi) is 65.7. The molecule has 6 heteroatoms. The van der Waals surface area contributed by atoms with E-state index in [2.05, 4.69) is 118 Å². The molecule has 0 aliphatic rings. The SMILES string of the molecule is CC/C=C\C/C=C\C/C=C\C/C=C\C/C=C\C/C=C\C/C=C\C/C=C\CCCCCCC(=O)OCC(COC(=O)CCCCCCCCCCCCCCCCC)OC(=O)CCCCCCCCCCCCCCCCCCCCC. The van der Waals surface area contributed by atoms with Crippen LogP contribution in [0.2, 0.25) is 0 Å². The first kappa shape index (κ1) is 77.3. The molecule has 0 saturated carbocycles. The molecule has 0 radical (unpaired) electrons. The van der Waals surface area contributed by atoms with Crippen LogP contribution in [0.15, 0.2) is 97.2 Å². The van der Waals surface area contributed by atoms with Crippen LogP contribution in [0, 0.1) is 0 Å². The van der Waals surface area contributed by atoms with Gasteiger partial charge in [-0.2, -0.15) is 0 Å². The summed E-state index contributed by atoms with van der Waals surface area (Å²) in [6.45, 7) is 6.56.